The van der Waals surface area contributed by atoms with E-state index in [9.17, 15) is 9.59 Å². The lowest BCUT2D eigenvalue weighted by molar-refractivity contribution is 0.0587. The number of amides is 1. The highest BCUT2D eigenvalue weighted by Crippen LogP contribution is 2.35. The van der Waals surface area contributed by atoms with Gasteiger partial charge in [0.2, 0.25) is 0 Å². The van der Waals surface area contributed by atoms with Crippen LogP contribution in [0, 0.1) is 12.8 Å². The van der Waals surface area contributed by atoms with Crippen LogP contribution in [-0.2, 0) is 20.1 Å². The second-order valence-corrected chi connectivity index (χ2v) is 8.99. The first-order valence-electron chi connectivity index (χ1n) is 10.7. The molecule has 5 rings (SSSR count). The van der Waals surface area contributed by atoms with Crippen LogP contribution in [0.5, 0.6) is 0 Å². The molecule has 3 aliphatic heterocycles. The third kappa shape index (κ3) is 3.31. The first-order chi connectivity index (χ1) is 14.0. The van der Waals surface area contributed by atoms with Crippen molar-refractivity contribution in [2.24, 2.45) is 13.0 Å². The number of rotatable bonds is 3. The van der Waals surface area contributed by atoms with Gasteiger partial charge in [0, 0.05) is 56.1 Å². The number of fused-ring (bicyclic) bond motifs is 4. The number of aryl methyl sites for hydroxylation is 2. The summed E-state index contributed by atoms with van der Waals surface area (Å²) in [6, 6.07) is 6.01. The van der Waals surface area contributed by atoms with Gasteiger partial charge in [-0.1, -0.05) is 6.07 Å². The first kappa shape index (κ1) is 18.6. The Labute approximate surface area is 170 Å². The fourth-order valence-electron chi connectivity index (χ4n) is 5.29. The lowest BCUT2D eigenvalue weighted by atomic mass is 9.83. The minimum Gasteiger partial charge on any atom is -0.336 e. The standard InChI is InChI=1S/C22H29N5O2/c1-15-9-19(23-24(15)2)22(29)26-11-16-10-18(14-26)20-6-5-17(21(28)27(20)12-16)13-25-7-3-4-8-25/h5-6,9,16,18H,3-4,7-8,10-14H2,1-2H3/t16-,18+/m0/s1. The average molecular weight is 396 g/mol. The number of piperidine rings is 1. The molecular weight excluding hydrogens is 366 g/mol. The fourth-order valence-corrected chi connectivity index (χ4v) is 5.29. The number of carbonyl (C=O) groups is 1. The summed E-state index contributed by atoms with van der Waals surface area (Å²) >= 11 is 0. The molecule has 3 aliphatic rings. The Balaban J connectivity index is 1.38. The average Bonchev–Trinajstić information content (AvgIpc) is 3.33. The Hall–Kier alpha value is -2.41. The molecule has 2 saturated heterocycles. The molecule has 154 valence electrons. The fraction of sp³-hybridized carbons (Fsp3) is 0.591. The molecule has 2 bridgehead atoms. The van der Waals surface area contributed by atoms with Crippen molar-refractivity contribution in [2.75, 3.05) is 26.2 Å². The van der Waals surface area contributed by atoms with Crippen LogP contribution in [-0.4, -0.2) is 56.2 Å². The molecule has 2 atom stereocenters. The van der Waals surface area contributed by atoms with Crippen LogP contribution < -0.4 is 5.56 Å². The summed E-state index contributed by atoms with van der Waals surface area (Å²) < 4.78 is 3.74. The van der Waals surface area contributed by atoms with E-state index in [1.807, 2.05) is 35.6 Å². The maximum Gasteiger partial charge on any atom is 0.274 e. The smallest absolute Gasteiger partial charge is 0.274 e. The molecule has 5 heterocycles. The number of hydrogen-bond donors (Lipinski definition) is 0. The zero-order valence-electron chi connectivity index (χ0n) is 17.3. The molecular formula is C22H29N5O2. The molecule has 2 aromatic heterocycles. The predicted molar refractivity (Wildman–Crippen MR) is 110 cm³/mol. The van der Waals surface area contributed by atoms with Crippen molar-refractivity contribution >= 4 is 5.91 Å². The van der Waals surface area contributed by atoms with Gasteiger partial charge < -0.3 is 9.47 Å². The number of pyridine rings is 1. The van der Waals surface area contributed by atoms with E-state index in [1.165, 1.54) is 12.8 Å². The Morgan fingerprint density at radius 3 is 2.69 bits per heavy atom. The second-order valence-electron chi connectivity index (χ2n) is 8.99. The van der Waals surface area contributed by atoms with E-state index in [4.69, 9.17) is 0 Å². The monoisotopic (exact) mass is 395 g/mol. The van der Waals surface area contributed by atoms with Gasteiger partial charge in [-0.25, -0.2) is 0 Å². The highest BCUT2D eigenvalue weighted by Gasteiger charge is 2.37. The van der Waals surface area contributed by atoms with Gasteiger partial charge in [-0.2, -0.15) is 5.10 Å². The third-order valence-electron chi connectivity index (χ3n) is 6.90. The minimum absolute atomic E-state index is 0.00449. The Morgan fingerprint density at radius 2 is 1.97 bits per heavy atom. The van der Waals surface area contributed by atoms with E-state index >= 15 is 0 Å². The van der Waals surface area contributed by atoms with Crippen LogP contribution in [0.25, 0.3) is 0 Å². The number of carbonyl (C=O) groups excluding carboxylic acids is 1. The lowest BCUT2D eigenvalue weighted by Gasteiger charge is -2.42. The van der Waals surface area contributed by atoms with E-state index in [0.717, 1.165) is 43.0 Å². The highest BCUT2D eigenvalue weighted by molar-refractivity contribution is 5.92. The van der Waals surface area contributed by atoms with Crippen molar-refractivity contribution in [1.82, 2.24) is 24.1 Å². The minimum atomic E-state index is 0.00449. The van der Waals surface area contributed by atoms with Crippen molar-refractivity contribution in [3.8, 4) is 0 Å². The first-order valence-corrected chi connectivity index (χ1v) is 10.7. The number of aromatic nitrogens is 3. The van der Waals surface area contributed by atoms with E-state index in [-0.39, 0.29) is 17.4 Å². The molecule has 2 aromatic rings. The van der Waals surface area contributed by atoms with Crippen molar-refractivity contribution in [3.63, 3.8) is 0 Å². The Kier molecular flexibility index (Phi) is 4.57. The van der Waals surface area contributed by atoms with Gasteiger partial charge in [-0.3, -0.25) is 19.2 Å². The summed E-state index contributed by atoms with van der Waals surface area (Å²) in [4.78, 5) is 30.5. The summed E-state index contributed by atoms with van der Waals surface area (Å²) in [5.74, 6) is 0.560. The van der Waals surface area contributed by atoms with Crippen molar-refractivity contribution in [3.05, 3.63) is 51.2 Å². The SMILES string of the molecule is Cc1cc(C(=O)N2C[C@@H]3C[C@H](C2)c2ccc(CN4CCCC4)c(=O)n2C3)nn1C. The number of hydrogen-bond acceptors (Lipinski definition) is 4. The maximum absolute atomic E-state index is 13.2. The number of nitrogens with zero attached hydrogens (tertiary/aromatic N) is 5. The van der Waals surface area contributed by atoms with Gasteiger partial charge in [0.1, 0.15) is 0 Å². The molecule has 0 spiro atoms. The van der Waals surface area contributed by atoms with Gasteiger partial charge in [0.15, 0.2) is 5.69 Å². The van der Waals surface area contributed by atoms with Gasteiger partial charge >= 0.3 is 0 Å². The molecule has 7 heteroatoms. The maximum atomic E-state index is 13.2. The normalized spacial score (nSPS) is 24.0. The largest absolute Gasteiger partial charge is 0.336 e. The number of likely N-dealkylation sites (tertiary alicyclic amines) is 2. The quantitative estimate of drug-likeness (QED) is 0.794. The molecule has 2 fully saturated rings. The van der Waals surface area contributed by atoms with Crippen LogP contribution in [0.15, 0.2) is 23.0 Å². The second kappa shape index (κ2) is 7.13. The summed E-state index contributed by atoms with van der Waals surface area (Å²) in [6.45, 7) is 6.98. The van der Waals surface area contributed by atoms with Crippen LogP contribution in [0.2, 0.25) is 0 Å². The predicted octanol–water partition coefficient (Wildman–Crippen LogP) is 1.75. The van der Waals surface area contributed by atoms with Gasteiger partial charge in [-0.15, -0.1) is 0 Å². The van der Waals surface area contributed by atoms with Gasteiger partial charge in [0.05, 0.1) is 0 Å². The van der Waals surface area contributed by atoms with Crippen LogP contribution in [0.4, 0.5) is 0 Å². The summed E-state index contributed by atoms with van der Waals surface area (Å²) in [7, 11) is 1.86. The summed E-state index contributed by atoms with van der Waals surface area (Å²) in [5, 5.41) is 4.36. The van der Waals surface area contributed by atoms with Crippen LogP contribution in [0.1, 0.15) is 52.6 Å². The molecule has 0 unspecified atom stereocenters. The molecule has 0 N–H and O–H groups in total. The third-order valence-corrected chi connectivity index (χ3v) is 6.90. The Morgan fingerprint density at radius 1 is 1.17 bits per heavy atom. The molecule has 0 radical (unpaired) electrons. The van der Waals surface area contributed by atoms with Gasteiger partial charge in [0.25, 0.3) is 11.5 Å². The Bertz CT molecular complexity index is 982. The highest BCUT2D eigenvalue weighted by atomic mass is 16.2. The van der Waals surface area contributed by atoms with E-state index in [2.05, 4.69) is 16.1 Å². The van der Waals surface area contributed by atoms with E-state index in [0.29, 0.717) is 31.2 Å². The molecule has 0 aliphatic carbocycles. The zero-order valence-corrected chi connectivity index (χ0v) is 17.3. The van der Waals surface area contributed by atoms with Crippen LogP contribution in [0.3, 0.4) is 0 Å². The lowest BCUT2D eigenvalue weighted by Crippen LogP contribution is -2.49. The van der Waals surface area contributed by atoms with E-state index < -0.39 is 0 Å². The van der Waals surface area contributed by atoms with Crippen molar-refractivity contribution in [1.29, 1.82) is 0 Å². The molecule has 29 heavy (non-hydrogen) atoms. The molecule has 0 aromatic carbocycles. The molecule has 7 nitrogen and oxygen atoms in total. The van der Waals surface area contributed by atoms with Crippen LogP contribution >= 0.6 is 0 Å². The van der Waals surface area contributed by atoms with Crippen molar-refractivity contribution in [2.45, 2.75) is 45.2 Å². The zero-order chi connectivity index (χ0) is 20.1. The van der Waals surface area contributed by atoms with Gasteiger partial charge in [-0.05, 0) is 57.3 Å². The topological polar surface area (TPSA) is 63.4 Å². The summed E-state index contributed by atoms with van der Waals surface area (Å²) in [6.07, 6.45) is 3.52. The van der Waals surface area contributed by atoms with Crippen molar-refractivity contribution < 1.29 is 4.79 Å². The molecule has 1 amide bonds. The summed E-state index contributed by atoms with van der Waals surface area (Å²) in [5.41, 5.74) is 3.67. The molecule has 0 saturated carbocycles. The van der Waals surface area contributed by atoms with E-state index in [1.54, 1.807) is 4.68 Å².